The molecule has 0 radical (unpaired) electrons. The average Bonchev–Trinajstić information content (AvgIpc) is 3.96. The van der Waals surface area contributed by atoms with Crippen LogP contribution < -0.4 is 20.1 Å². The number of rotatable bonds is 15. The summed E-state index contributed by atoms with van der Waals surface area (Å²) in [7, 11) is 1.91. The molecular formula is C54H60ClN9O8. The molecule has 1 unspecified atom stereocenters. The van der Waals surface area contributed by atoms with Gasteiger partial charge in [-0.3, -0.25) is 34.1 Å². The summed E-state index contributed by atoms with van der Waals surface area (Å²) < 4.78 is 22.6. The van der Waals surface area contributed by atoms with Crippen LogP contribution in [0.5, 0.6) is 11.5 Å². The number of piperazine rings is 1. The Morgan fingerprint density at radius 3 is 2.38 bits per heavy atom. The van der Waals surface area contributed by atoms with Crippen molar-refractivity contribution in [1.82, 2.24) is 44.7 Å². The largest absolute Gasteiger partial charge is 0.493 e. The molecule has 0 bridgehead atoms. The Kier molecular flexibility index (Phi) is 14.1. The molecule has 72 heavy (non-hydrogen) atoms. The number of aromatic amines is 1. The van der Waals surface area contributed by atoms with Crippen molar-refractivity contribution >= 4 is 73.9 Å². The minimum atomic E-state index is -0.917. The molecule has 1 atom stereocenters. The van der Waals surface area contributed by atoms with E-state index in [-0.39, 0.29) is 36.7 Å². The van der Waals surface area contributed by atoms with E-state index in [9.17, 15) is 24.0 Å². The number of aromatic nitrogens is 5. The number of ether oxygens (including phenoxy) is 3. The summed E-state index contributed by atoms with van der Waals surface area (Å²) in [4.78, 5) is 78.1. The zero-order valence-corrected chi connectivity index (χ0v) is 42.5. The van der Waals surface area contributed by atoms with Gasteiger partial charge in [0.1, 0.15) is 45.7 Å². The number of H-pyrrole nitrogens is 1. The van der Waals surface area contributed by atoms with Crippen molar-refractivity contribution < 1.29 is 38.2 Å². The van der Waals surface area contributed by atoms with E-state index in [0.29, 0.717) is 86.3 Å². The van der Waals surface area contributed by atoms with Crippen LogP contribution >= 0.6 is 11.6 Å². The van der Waals surface area contributed by atoms with Crippen LogP contribution in [0.2, 0.25) is 5.02 Å². The standard InChI is InChI=1S/C54H60ClN9O8/c1-31-45(32(2)61(7)60-31)46-38(55)18-17-37-36(15-11-29-70-41-16-10-13-34-12-8-9-14-35(34)41)50(53(69)72-54(4,5)6)64(49(37)46)28-25-62-23-26-63(27-24-62)44(66)30-71-42-21-19-39-48(57-33(3)56-39)47(42)52(68)58-40-20-22-43(65)59-51(40)67/h8-10,12-14,16-19,21,40H,11,15,20,22-30H2,1-7H3,(H,56,57)(H,58,68)(H,59,65,67). The van der Waals surface area contributed by atoms with E-state index >= 15 is 0 Å². The number of esters is 1. The van der Waals surface area contributed by atoms with Crippen LogP contribution in [0.1, 0.15) is 83.7 Å². The van der Waals surface area contributed by atoms with E-state index in [1.54, 1.807) is 24.0 Å². The van der Waals surface area contributed by atoms with Gasteiger partial charge in [-0.05, 0) is 96.0 Å². The van der Waals surface area contributed by atoms with Gasteiger partial charge >= 0.3 is 5.97 Å². The maximum atomic E-state index is 14.7. The summed E-state index contributed by atoms with van der Waals surface area (Å²) in [6.07, 6.45) is 1.40. The molecular weight excluding hydrogens is 938 g/mol. The lowest BCUT2D eigenvalue weighted by molar-refractivity contribution is -0.135. The van der Waals surface area contributed by atoms with Gasteiger partial charge in [0.05, 0.1) is 28.4 Å². The molecule has 3 aromatic heterocycles. The monoisotopic (exact) mass is 997 g/mol. The number of carbonyl (C=O) groups excluding carboxylic acids is 5. The Hall–Kier alpha value is -7.24. The molecule has 0 saturated carbocycles. The number of fused-ring (bicyclic) bond motifs is 3. The van der Waals surface area contributed by atoms with E-state index in [2.05, 4.69) is 48.3 Å². The number of nitrogens with zero attached hydrogens (tertiary/aromatic N) is 6. The number of imide groups is 1. The number of carbonyl (C=O) groups is 5. The summed E-state index contributed by atoms with van der Waals surface area (Å²) >= 11 is 7.22. The van der Waals surface area contributed by atoms with E-state index in [1.165, 1.54) is 0 Å². The Morgan fingerprint density at radius 1 is 0.875 bits per heavy atom. The molecule has 3 N–H and O–H groups in total. The first-order chi connectivity index (χ1) is 34.4. The van der Waals surface area contributed by atoms with Gasteiger partial charge in [0.25, 0.3) is 11.8 Å². The van der Waals surface area contributed by atoms with Crippen LogP contribution in [-0.2, 0) is 39.1 Å². The van der Waals surface area contributed by atoms with Crippen LogP contribution in [0, 0.1) is 20.8 Å². The molecule has 0 aliphatic carbocycles. The lowest BCUT2D eigenvalue weighted by Gasteiger charge is -2.35. The lowest BCUT2D eigenvalue weighted by Crippen LogP contribution is -2.52. The molecule has 376 valence electrons. The zero-order chi connectivity index (χ0) is 51.0. The maximum Gasteiger partial charge on any atom is 0.355 e. The number of hydrogen-bond acceptors (Lipinski definition) is 11. The van der Waals surface area contributed by atoms with Crippen molar-refractivity contribution in [2.45, 2.75) is 85.4 Å². The molecule has 2 saturated heterocycles. The van der Waals surface area contributed by atoms with Gasteiger partial charge in [-0.2, -0.15) is 5.10 Å². The minimum absolute atomic E-state index is 0.0816. The second kappa shape index (κ2) is 20.5. The Morgan fingerprint density at radius 2 is 1.64 bits per heavy atom. The molecule has 4 aromatic carbocycles. The van der Waals surface area contributed by atoms with Gasteiger partial charge in [-0.25, -0.2) is 9.78 Å². The molecule has 2 fully saturated rings. The third kappa shape index (κ3) is 10.3. The second-order valence-electron chi connectivity index (χ2n) is 19.5. The molecule has 9 rings (SSSR count). The summed E-state index contributed by atoms with van der Waals surface area (Å²) in [6, 6.07) is 20.5. The fraction of sp³-hybridized carbons (Fsp3) is 0.389. The van der Waals surface area contributed by atoms with Crippen molar-refractivity contribution in [3.63, 3.8) is 0 Å². The highest BCUT2D eigenvalue weighted by Gasteiger charge is 2.33. The van der Waals surface area contributed by atoms with Gasteiger partial charge in [-0.15, -0.1) is 0 Å². The molecule has 2 aliphatic heterocycles. The van der Waals surface area contributed by atoms with Gasteiger partial charge in [0.15, 0.2) is 6.61 Å². The van der Waals surface area contributed by atoms with E-state index in [4.69, 9.17) is 30.9 Å². The normalized spacial score (nSPS) is 15.6. The third-order valence-electron chi connectivity index (χ3n) is 13.4. The number of nitrogens with one attached hydrogen (secondary N) is 3. The van der Waals surface area contributed by atoms with Crippen LogP contribution in [0.25, 0.3) is 43.8 Å². The molecule has 5 heterocycles. The van der Waals surface area contributed by atoms with Crippen molar-refractivity contribution in [2.24, 2.45) is 7.05 Å². The quantitative estimate of drug-likeness (QED) is 0.0527. The highest BCUT2D eigenvalue weighted by Crippen LogP contribution is 2.43. The Balaban J connectivity index is 0.945. The molecule has 2 aliphatic rings. The molecule has 0 spiro atoms. The van der Waals surface area contributed by atoms with E-state index < -0.39 is 35.3 Å². The highest BCUT2D eigenvalue weighted by molar-refractivity contribution is 6.35. The summed E-state index contributed by atoms with van der Waals surface area (Å²) in [5.41, 5.74) is 5.83. The van der Waals surface area contributed by atoms with Gasteiger partial charge < -0.3 is 34.0 Å². The number of imidazole rings is 1. The fourth-order valence-electron chi connectivity index (χ4n) is 9.93. The smallest absolute Gasteiger partial charge is 0.355 e. The molecule has 18 heteroatoms. The molecule has 17 nitrogen and oxygen atoms in total. The van der Waals surface area contributed by atoms with Crippen molar-refractivity contribution in [3.8, 4) is 22.6 Å². The Labute approximate surface area is 422 Å². The summed E-state index contributed by atoms with van der Waals surface area (Å²) in [5.74, 6) is -0.776. The molecule has 4 amide bonds. The second-order valence-corrected chi connectivity index (χ2v) is 20.0. The lowest BCUT2D eigenvalue weighted by atomic mass is 9.98. The first-order valence-corrected chi connectivity index (χ1v) is 24.8. The first-order valence-electron chi connectivity index (χ1n) is 24.4. The number of aryl methyl sites for hydroxylation is 4. The summed E-state index contributed by atoms with van der Waals surface area (Å²) in [5, 5.41) is 13.3. The predicted octanol–water partition coefficient (Wildman–Crippen LogP) is 7.38. The van der Waals surface area contributed by atoms with Crippen LogP contribution in [0.4, 0.5) is 0 Å². The Bertz CT molecular complexity index is 3260. The minimum Gasteiger partial charge on any atom is -0.493 e. The van der Waals surface area contributed by atoms with Crippen LogP contribution in [0.15, 0.2) is 66.7 Å². The van der Waals surface area contributed by atoms with Crippen molar-refractivity contribution in [1.29, 1.82) is 0 Å². The van der Waals surface area contributed by atoms with Gasteiger partial charge in [-0.1, -0.05) is 54.1 Å². The number of piperidine rings is 1. The number of amides is 4. The summed E-state index contributed by atoms with van der Waals surface area (Å²) in [6.45, 7) is 14.3. The topological polar surface area (TPSA) is 195 Å². The maximum absolute atomic E-state index is 14.7. The van der Waals surface area contributed by atoms with Crippen LogP contribution in [-0.4, -0.2) is 121 Å². The van der Waals surface area contributed by atoms with Gasteiger partial charge in [0.2, 0.25) is 11.8 Å². The third-order valence-corrected chi connectivity index (χ3v) is 13.7. The van der Waals surface area contributed by atoms with Crippen LogP contribution in [0.3, 0.4) is 0 Å². The van der Waals surface area contributed by atoms with Gasteiger partial charge in [0, 0.05) is 80.3 Å². The number of hydrogen-bond donors (Lipinski definition) is 3. The number of benzene rings is 4. The average molecular weight is 999 g/mol. The van der Waals surface area contributed by atoms with Crippen molar-refractivity contribution in [3.05, 3.63) is 106 Å². The predicted molar refractivity (Wildman–Crippen MR) is 275 cm³/mol. The zero-order valence-electron chi connectivity index (χ0n) is 41.7. The van der Waals surface area contributed by atoms with E-state index in [1.807, 2.05) is 82.7 Å². The molecule has 7 aromatic rings. The number of halogens is 1. The first kappa shape index (κ1) is 49.7. The SMILES string of the molecule is Cc1nc2c(C(=O)NC3CCC(=O)NC3=O)c(OCC(=O)N3CCN(CCn4c(C(=O)OC(C)(C)C)c(CCCOc5cccc6ccccc56)c5ccc(Cl)c(-c6c(C)nn(C)c6C)c54)CC3)ccc2[nH]1. The highest BCUT2D eigenvalue weighted by atomic mass is 35.5. The fourth-order valence-corrected chi connectivity index (χ4v) is 10.2. The van der Waals surface area contributed by atoms with E-state index in [0.717, 1.165) is 55.5 Å². The van der Waals surface area contributed by atoms with Crippen molar-refractivity contribution in [2.75, 3.05) is 45.9 Å².